The monoisotopic (exact) mass is 316 g/mol. The minimum absolute atomic E-state index is 0.660. The molecule has 22 heavy (non-hydrogen) atoms. The van der Waals surface area contributed by atoms with Gasteiger partial charge in [0.25, 0.3) is 0 Å². The summed E-state index contributed by atoms with van der Waals surface area (Å²) in [5, 5.41) is 8.61. The third-order valence-electron chi connectivity index (χ3n) is 3.92. The maximum atomic E-state index is 5.56. The Morgan fingerprint density at radius 2 is 2.05 bits per heavy atom. The molecule has 0 unspecified atom stereocenters. The molecule has 0 N–H and O–H groups in total. The molecule has 5 nitrogen and oxygen atoms in total. The molecule has 1 aromatic carbocycles. The second kappa shape index (κ2) is 6.54. The summed E-state index contributed by atoms with van der Waals surface area (Å²) in [5.74, 6) is 0. The molecule has 0 saturated carbocycles. The van der Waals surface area contributed by atoms with Crippen LogP contribution in [0.5, 0.6) is 0 Å². The Balaban J connectivity index is 1.77. The van der Waals surface area contributed by atoms with Gasteiger partial charge in [0.1, 0.15) is 0 Å². The van der Waals surface area contributed by atoms with Gasteiger partial charge in [0.15, 0.2) is 0 Å². The lowest BCUT2D eigenvalue weighted by Crippen LogP contribution is -2.40. The predicted octanol–water partition coefficient (Wildman–Crippen LogP) is 2.09. The van der Waals surface area contributed by atoms with Gasteiger partial charge in [-0.2, -0.15) is 0 Å². The van der Waals surface area contributed by atoms with E-state index in [1.165, 1.54) is 5.56 Å². The standard InChI is InChI=1S/C16H20N4OS/c1-12-4-3-5-14(10-12)20-13(2)15(17-18-20)11-16(22)19-6-8-21-9-7-19/h3-5,10H,6-9,11H2,1-2H3. The highest BCUT2D eigenvalue weighted by atomic mass is 32.1. The molecule has 0 spiro atoms. The van der Waals surface area contributed by atoms with E-state index in [1.807, 2.05) is 23.7 Å². The molecular formula is C16H20N4OS. The second-order valence-electron chi connectivity index (χ2n) is 5.54. The van der Waals surface area contributed by atoms with Crippen molar-refractivity contribution < 1.29 is 4.74 Å². The van der Waals surface area contributed by atoms with E-state index in [4.69, 9.17) is 17.0 Å². The first kappa shape index (κ1) is 15.1. The SMILES string of the molecule is Cc1cccc(-n2nnc(CC(=S)N3CCOCC3)c2C)c1. The van der Waals surface area contributed by atoms with Crippen molar-refractivity contribution in [3.63, 3.8) is 0 Å². The Bertz CT molecular complexity index is 677. The normalized spacial score (nSPS) is 15.1. The van der Waals surface area contributed by atoms with E-state index in [-0.39, 0.29) is 0 Å². The van der Waals surface area contributed by atoms with Crippen LogP contribution in [0.15, 0.2) is 24.3 Å². The van der Waals surface area contributed by atoms with Crippen LogP contribution in [0.4, 0.5) is 0 Å². The fourth-order valence-corrected chi connectivity index (χ4v) is 2.92. The number of nitrogens with zero attached hydrogens (tertiary/aromatic N) is 4. The van der Waals surface area contributed by atoms with Gasteiger partial charge >= 0.3 is 0 Å². The van der Waals surface area contributed by atoms with E-state index < -0.39 is 0 Å². The largest absolute Gasteiger partial charge is 0.378 e. The fourth-order valence-electron chi connectivity index (χ4n) is 2.60. The van der Waals surface area contributed by atoms with Crippen LogP contribution >= 0.6 is 12.2 Å². The molecule has 1 aliphatic rings. The van der Waals surface area contributed by atoms with Crippen molar-refractivity contribution in [1.29, 1.82) is 0 Å². The third kappa shape index (κ3) is 3.18. The number of ether oxygens (including phenoxy) is 1. The van der Waals surface area contributed by atoms with Crippen molar-refractivity contribution in [2.75, 3.05) is 26.3 Å². The molecular weight excluding hydrogens is 296 g/mol. The van der Waals surface area contributed by atoms with Gasteiger partial charge in [0.05, 0.1) is 35.3 Å². The minimum atomic E-state index is 0.660. The zero-order valence-corrected chi connectivity index (χ0v) is 13.8. The Kier molecular flexibility index (Phi) is 4.49. The molecule has 2 heterocycles. The van der Waals surface area contributed by atoms with Crippen molar-refractivity contribution in [1.82, 2.24) is 19.9 Å². The maximum Gasteiger partial charge on any atom is 0.0928 e. The van der Waals surface area contributed by atoms with Crippen LogP contribution in [-0.2, 0) is 11.2 Å². The first-order valence-corrected chi connectivity index (χ1v) is 7.90. The molecule has 1 aliphatic heterocycles. The average molecular weight is 316 g/mol. The number of rotatable bonds is 3. The summed E-state index contributed by atoms with van der Waals surface area (Å²) in [4.78, 5) is 3.12. The van der Waals surface area contributed by atoms with Crippen LogP contribution in [0.1, 0.15) is 17.0 Å². The van der Waals surface area contributed by atoms with Gasteiger partial charge in [-0.05, 0) is 31.5 Å². The van der Waals surface area contributed by atoms with Crippen molar-refractivity contribution in [2.45, 2.75) is 20.3 Å². The summed E-state index contributed by atoms with van der Waals surface area (Å²) in [6.45, 7) is 7.34. The Morgan fingerprint density at radius 3 is 2.77 bits per heavy atom. The molecule has 0 amide bonds. The molecule has 0 radical (unpaired) electrons. The Morgan fingerprint density at radius 1 is 1.27 bits per heavy atom. The lowest BCUT2D eigenvalue weighted by atomic mass is 10.2. The van der Waals surface area contributed by atoms with E-state index in [1.54, 1.807) is 0 Å². The highest BCUT2D eigenvalue weighted by molar-refractivity contribution is 7.80. The van der Waals surface area contributed by atoms with E-state index in [0.29, 0.717) is 6.42 Å². The zero-order chi connectivity index (χ0) is 15.5. The lowest BCUT2D eigenvalue weighted by molar-refractivity contribution is 0.0684. The van der Waals surface area contributed by atoms with Gasteiger partial charge in [0.2, 0.25) is 0 Å². The van der Waals surface area contributed by atoms with E-state index in [0.717, 1.165) is 48.4 Å². The van der Waals surface area contributed by atoms with Gasteiger partial charge in [0, 0.05) is 19.5 Å². The number of hydrogen-bond donors (Lipinski definition) is 0. The first-order chi connectivity index (χ1) is 10.6. The quantitative estimate of drug-likeness (QED) is 0.811. The van der Waals surface area contributed by atoms with Crippen LogP contribution in [0.2, 0.25) is 0 Å². The van der Waals surface area contributed by atoms with Gasteiger partial charge in [-0.25, -0.2) is 4.68 Å². The van der Waals surface area contributed by atoms with Crippen LogP contribution in [0.25, 0.3) is 5.69 Å². The number of thiocarbonyl (C=S) groups is 1. The number of aryl methyl sites for hydroxylation is 1. The van der Waals surface area contributed by atoms with E-state index in [2.05, 4.69) is 34.3 Å². The van der Waals surface area contributed by atoms with E-state index >= 15 is 0 Å². The lowest BCUT2D eigenvalue weighted by Gasteiger charge is -2.28. The fraction of sp³-hybridized carbons (Fsp3) is 0.438. The molecule has 116 valence electrons. The molecule has 0 atom stereocenters. The summed E-state index contributed by atoms with van der Waals surface area (Å²) in [6.07, 6.45) is 0.660. The molecule has 1 fully saturated rings. The molecule has 1 saturated heterocycles. The number of hydrogen-bond acceptors (Lipinski definition) is 4. The summed E-state index contributed by atoms with van der Waals surface area (Å²) in [7, 11) is 0. The van der Waals surface area contributed by atoms with Crippen LogP contribution < -0.4 is 0 Å². The summed E-state index contributed by atoms with van der Waals surface area (Å²) in [6, 6.07) is 8.25. The zero-order valence-electron chi connectivity index (χ0n) is 13.0. The van der Waals surface area contributed by atoms with Gasteiger partial charge in [-0.3, -0.25) is 0 Å². The summed E-state index contributed by atoms with van der Waals surface area (Å²) >= 11 is 5.56. The predicted molar refractivity (Wildman–Crippen MR) is 89.5 cm³/mol. The smallest absolute Gasteiger partial charge is 0.0928 e. The Labute approximate surface area is 135 Å². The van der Waals surface area contributed by atoms with Gasteiger partial charge in [-0.15, -0.1) is 5.10 Å². The molecule has 0 bridgehead atoms. The number of aromatic nitrogens is 3. The van der Waals surface area contributed by atoms with Crippen molar-refractivity contribution in [2.24, 2.45) is 0 Å². The number of morpholine rings is 1. The van der Waals surface area contributed by atoms with Crippen molar-refractivity contribution in [3.05, 3.63) is 41.2 Å². The summed E-state index contributed by atoms with van der Waals surface area (Å²) < 4.78 is 7.24. The minimum Gasteiger partial charge on any atom is -0.378 e. The van der Waals surface area contributed by atoms with Crippen LogP contribution in [0.3, 0.4) is 0 Å². The highest BCUT2D eigenvalue weighted by Crippen LogP contribution is 2.15. The maximum absolute atomic E-state index is 5.56. The molecule has 1 aromatic heterocycles. The van der Waals surface area contributed by atoms with Crippen LogP contribution in [0, 0.1) is 13.8 Å². The van der Waals surface area contributed by atoms with E-state index in [9.17, 15) is 0 Å². The summed E-state index contributed by atoms with van der Waals surface area (Å²) in [5.41, 5.74) is 4.23. The van der Waals surface area contributed by atoms with Crippen molar-refractivity contribution >= 4 is 17.2 Å². The first-order valence-electron chi connectivity index (χ1n) is 7.49. The van der Waals surface area contributed by atoms with Gasteiger partial charge < -0.3 is 9.64 Å². The third-order valence-corrected chi connectivity index (χ3v) is 4.32. The molecule has 3 rings (SSSR count). The molecule has 6 heteroatoms. The topological polar surface area (TPSA) is 43.2 Å². The molecule has 0 aliphatic carbocycles. The van der Waals surface area contributed by atoms with Crippen LogP contribution in [-0.4, -0.2) is 51.2 Å². The second-order valence-corrected chi connectivity index (χ2v) is 6.01. The average Bonchev–Trinajstić information content (AvgIpc) is 2.89. The Hall–Kier alpha value is -1.79. The van der Waals surface area contributed by atoms with Crippen molar-refractivity contribution in [3.8, 4) is 5.69 Å². The highest BCUT2D eigenvalue weighted by Gasteiger charge is 2.17. The molecule has 2 aromatic rings. The number of benzene rings is 1. The van der Waals surface area contributed by atoms with Gasteiger partial charge in [-0.1, -0.05) is 29.6 Å².